The van der Waals surface area contributed by atoms with Crippen LogP contribution in [0, 0.1) is 0 Å². The van der Waals surface area contributed by atoms with Gasteiger partial charge in [-0.3, -0.25) is 9.18 Å². The predicted molar refractivity (Wildman–Crippen MR) is 22.5 cm³/mol. The molecule has 2 nitrogen and oxygen atoms in total. The summed E-state index contributed by atoms with van der Waals surface area (Å²) in [6, 6.07) is 0. The van der Waals surface area contributed by atoms with Crippen molar-refractivity contribution in [2.45, 2.75) is 6.42 Å². The Balaban J connectivity index is 3.00. The van der Waals surface area contributed by atoms with Crippen LogP contribution in [0.1, 0.15) is 6.42 Å². The summed E-state index contributed by atoms with van der Waals surface area (Å²) in [5, 5.41) is 0. The quantitative estimate of drug-likeness (QED) is 0.553. The van der Waals surface area contributed by atoms with Crippen LogP contribution < -0.4 is 0 Å². The van der Waals surface area contributed by atoms with Crippen LogP contribution in [-0.2, 0) is 9.08 Å². The molecule has 0 saturated carbocycles. The van der Waals surface area contributed by atoms with Gasteiger partial charge in [0.25, 0.3) is 0 Å². The third kappa shape index (κ3) is 3.52. The molecule has 0 N–H and O–H groups in total. The fourth-order valence-corrected chi connectivity index (χ4v) is 0.193. The molecular formula is C3H4ClFO2. The summed E-state index contributed by atoms with van der Waals surface area (Å²) in [6.45, 7) is -0.717. The van der Waals surface area contributed by atoms with E-state index in [1.807, 2.05) is 0 Å². The molecule has 7 heavy (non-hydrogen) atoms. The van der Waals surface area contributed by atoms with Gasteiger partial charge in [0.2, 0.25) is 0 Å². The van der Waals surface area contributed by atoms with Gasteiger partial charge in [0.1, 0.15) is 11.9 Å². The molecule has 0 unspecified atom stereocenters. The zero-order valence-electron chi connectivity index (χ0n) is 3.49. The summed E-state index contributed by atoms with van der Waals surface area (Å²) < 4.78 is 14.7. The number of carbonyl (C=O) groups is 1. The summed E-state index contributed by atoms with van der Waals surface area (Å²) in [7, 11) is 0. The second kappa shape index (κ2) is 3.87. The topological polar surface area (TPSA) is 26.3 Å². The highest BCUT2D eigenvalue weighted by atomic mass is 35.5. The third-order valence-electron chi connectivity index (χ3n) is 0.385. The van der Waals surface area contributed by atoms with Crippen molar-refractivity contribution in [3.05, 3.63) is 0 Å². The van der Waals surface area contributed by atoms with Crippen molar-refractivity contribution in [1.29, 1.82) is 0 Å². The van der Waals surface area contributed by atoms with E-state index in [9.17, 15) is 9.18 Å². The van der Waals surface area contributed by atoms with Gasteiger partial charge in [0.05, 0.1) is 13.1 Å². The number of rotatable bonds is 2. The van der Waals surface area contributed by atoms with Crippen LogP contribution in [0.5, 0.6) is 0 Å². The van der Waals surface area contributed by atoms with E-state index in [0.29, 0.717) is 0 Å². The van der Waals surface area contributed by atoms with Crippen LogP contribution in [0.15, 0.2) is 0 Å². The van der Waals surface area contributed by atoms with E-state index < -0.39 is 12.6 Å². The van der Waals surface area contributed by atoms with Crippen LogP contribution in [0.2, 0.25) is 0 Å². The van der Waals surface area contributed by atoms with Gasteiger partial charge in [-0.15, -0.1) is 0 Å². The van der Waals surface area contributed by atoms with E-state index >= 15 is 0 Å². The van der Waals surface area contributed by atoms with E-state index in [-0.39, 0.29) is 6.42 Å². The number of carbonyl (C=O) groups excluding carboxylic acids is 1. The lowest BCUT2D eigenvalue weighted by atomic mass is 10.5. The molecule has 0 rings (SSSR count). The summed E-state index contributed by atoms with van der Waals surface area (Å²) in [5.74, 6) is -0.732. The Morgan fingerprint density at radius 3 is 2.57 bits per heavy atom. The number of halogens is 2. The summed E-state index contributed by atoms with van der Waals surface area (Å²) in [4.78, 5) is 9.82. The van der Waals surface area contributed by atoms with E-state index in [1.165, 1.54) is 0 Å². The van der Waals surface area contributed by atoms with Crippen LogP contribution >= 0.6 is 11.9 Å². The molecule has 0 heterocycles. The Hall–Kier alpha value is -0.310. The molecular weight excluding hydrogens is 122 g/mol. The van der Waals surface area contributed by atoms with E-state index in [4.69, 9.17) is 0 Å². The van der Waals surface area contributed by atoms with Gasteiger partial charge in [0.15, 0.2) is 0 Å². The van der Waals surface area contributed by atoms with Crippen molar-refractivity contribution in [1.82, 2.24) is 0 Å². The van der Waals surface area contributed by atoms with E-state index in [1.54, 1.807) is 0 Å². The summed E-state index contributed by atoms with van der Waals surface area (Å²) in [5.41, 5.74) is 0. The molecule has 0 bridgehead atoms. The fourth-order valence-electron chi connectivity index (χ4n) is 0.116. The van der Waals surface area contributed by atoms with Crippen molar-refractivity contribution >= 4 is 17.8 Å². The Kier molecular flexibility index (Phi) is 3.69. The molecule has 0 aromatic rings. The average Bonchev–Trinajstić information content (AvgIpc) is 1.68. The van der Waals surface area contributed by atoms with Crippen molar-refractivity contribution in [2.24, 2.45) is 0 Å². The lowest BCUT2D eigenvalue weighted by Crippen LogP contribution is -1.96. The fraction of sp³-hybridized carbons (Fsp3) is 0.667. The summed E-state index contributed by atoms with van der Waals surface area (Å²) >= 11 is 4.51. The SMILES string of the molecule is O=C(CCF)OCl. The van der Waals surface area contributed by atoms with Gasteiger partial charge in [0, 0.05) is 0 Å². The maximum absolute atomic E-state index is 11.1. The minimum atomic E-state index is -0.732. The Morgan fingerprint density at radius 1 is 1.86 bits per heavy atom. The molecule has 0 aromatic carbocycles. The number of hydrogen-bond acceptors (Lipinski definition) is 2. The minimum absolute atomic E-state index is 0.260. The molecule has 0 amide bonds. The van der Waals surface area contributed by atoms with Crippen molar-refractivity contribution in [3.63, 3.8) is 0 Å². The second-order valence-electron chi connectivity index (χ2n) is 0.888. The summed E-state index contributed by atoms with van der Waals surface area (Å²) in [6.07, 6.45) is -0.260. The highest BCUT2D eigenvalue weighted by Gasteiger charge is 1.97. The minimum Gasteiger partial charge on any atom is -0.348 e. The van der Waals surface area contributed by atoms with Crippen LogP contribution in [0.25, 0.3) is 0 Å². The molecule has 0 aliphatic rings. The van der Waals surface area contributed by atoms with Crippen LogP contribution in [0.4, 0.5) is 4.39 Å². The van der Waals surface area contributed by atoms with Gasteiger partial charge in [-0.2, -0.15) is 0 Å². The third-order valence-corrected chi connectivity index (χ3v) is 0.557. The molecule has 0 spiro atoms. The van der Waals surface area contributed by atoms with E-state index in [2.05, 4.69) is 16.2 Å². The smallest absolute Gasteiger partial charge is 0.327 e. The lowest BCUT2D eigenvalue weighted by Gasteiger charge is -1.85. The Bertz CT molecular complexity index is 66.0. The number of hydrogen-bond donors (Lipinski definition) is 0. The molecule has 0 aliphatic carbocycles. The van der Waals surface area contributed by atoms with E-state index in [0.717, 1.165) is 0 Å². The highest BCUT2D eigenvalue weighted by Crippen LogP contribution is 1.88. The zero-order chi connectivity index (χ0) is 5.70. The monoisotopic (exact) mass is 126 g/mol. The first kappa shape index (κ1) is 6.69. The second-order valence-corrected chi connectivity index (χ2v) is 1.04. The maximum Gasteiger partial charge on any atom is 0.327 e. The molecule has 0 radical (unpaired) electrons. The van der Waals surface area contributed by atoms with Crippen molar-refractivity contribution in [2.75, 3.05) is 6.67 Å². The molecule has 42 valence electrons. The normalized spacial score (nSPS) is 8.29. The largest absolute Gasteiger partial charge is 0.348 e. The highest BCUT2D eigenvalue weighted by molar-refractivity contribution is 6.13. The molecule has 0 atom stereocenters. The van der Waals surface area contributed by atoms with Gasteiger partial charge in [-0.25, -0.2) is 0 Å². The molecule has 0 aromatic heterocycles. The molecule has 0 saturated heterocycles. The first-order valence-corrected chi connectivity index (χ1v) is 1.99. The van der Waals surface area contributed by atoms with Gasteiger partial charge in [-0.05, 0) is 0 Å². The van der Waals surface area contributed by atoms with Crippen LogP contribution in [-0.4, -0.2) is 12.6 Å². The Labute approximate surface area is 45.4 Å². The molecule has 0 aliphatic heterocycles. The lowest BCUT2D eigenvalue weighted by molar-refractivity contribution is -0.134. The van der Waals surface area contributed by atoms with Gasteiger partial charge in [-0.1, -0.05) is 0 Å². The first-order chi connectivity index (χ1) is 3.31. The van der Waals surface area contributed by atoms with Crippen molar-refractivity contribution in [3.8, 4) is 0 Å². The number of alkyl halides is 1. The molecule has 4 heteroatoms. The van der Waals surface area contributed by atoms with Gasteiger partial charge >= 0.3 is 5.97 Å². The molecule has 0 fully saturated rings. The predicted octanol–water partition coefficient (Wildman–Crippen LogP) is 1.04. The van der Waals surface area contributed by atoms with Crippen molar-refractivity contribution < 1.29 is 13.5 Å². The van der Waals surface area contributed by atoms with Gasteiger partial charge < -0.3 is 4.29 Å². The first-order valence-electron chi connectivity index (χ1n) is 1.68. The maximum atomic E-state index is 11.1. The van der Waals surface area contributed by atoms with Crippen LogP contribution in [0.3, 0.4) is 0 Å². The standard InChI is InChI=1S/C3H4ClFO2/c4-7-3(6)1-2-5/h1-2H2. The average molecular weight is 127 g/mol. The zero-order valence-corrected chi connectivity index (χ0v) is 4.24. The Morgan fingerprint density at radius 2 is 2.43 bits per heavy atom.